The SMILES string of the molecule is C[C@H]1c2cc3c(cc2CCN1CC(=O)Nc1ccc(F)c(F)c1F)OCCCO3. The van der Waals surface area contributed by atoms with E-state index in [1.165, 1.54) is 0 Å². The maximum atomic E-state index is 13.8. The van der Waals surface area contributed by atoms with Gasteiger partial charge in [0.05, 0.1) is 25.4 Å². The fraction of sp³-hybridized carbons (Fsp3) is 0.381. The molecule has 2 aromatic rings. The van der Waals surface area contributed by atoms with Gasteiger partial charge in [0.1, 0.15) is 0 Å². The van der Waals surface area contributed by atoms with Crippen molar-refractivity contribution in [2.75, 3.05) is 31.6 Å². The number of nitrogens with one attached hydrogen (secondary N) is 1. The third-order valence-corrected chi connectivity index (χ3v) is 5.33. The van der Waals surface area contributed by atoms with Crippen LogP contribution < -0.4 is 14.8 Å². The minimum atomic E-state index is -1.61. The van der Waals surface area contributed by atoms with E-state index in [1.807, 2.05) is 24.0 Å². The van der Waals surface area contributed by atoms with Crippen LogP contribution in [0.4, 0.5) is 18.9 Å². The maximum Gasteiger partial charge on any atom is 0.238 e. The Kier molecular flexibility index (Phi) is 5.36. The van der Waals surface area contributed by atoms with Crippen molar-refractivity contribution in [1.82, 2.24) is 4.90 Å². The average molecular weight is 406 g/mol. The lowest BCUT2D eigenvalue weighted by Crippen LogP contribution is -2.39. The van der Waals surface area contributed by atoms with Gasteiger partial charge in [0.15, 0.2) is 29.0 Å². The summed E-state index contributed by atoms with van der Waals surface area (Å²) in [5.41, 5.74) is 1.81. The first kappa shape index (κ1) is 19.6. The predicted molar refractivity (Wildman–Crippen MR) is 101 cm³/mol. The summed E-state index contributed by atoms with van der Waals surface area (Å²) >= 11 is 0. The van der Waals surface area contributed by atoms with Gasteiger partial charge in [-0.15, -0.1) is 0 Å². The molecule has 4 rings (SSSR count). The Hall–Kier alpha value is -2.74. The van der Waals surface area contributed by atoms with Crippen LogP contribution in [-0.4, -0.2) is 37.1 Å². The Morgan fingerprint density at radius 1 is 1.14 bits per heavy atom. The summed E-state index contributed by atoms with van der Waals surface area (Å²) in [5, 5.41) is 2.32. The topological polar surface area (TPSA) is 50.8 Å². The normalized spacial score (nSPS) is 18.7. The molecule has 0 spiro atoms. The highest BCUT2D eigenvalue weighted by Gasteiger charge is 2.28. The van der Waals surface area contributed by atoms with Crippen molar-refractivity contribution in [3.8, 4) is 11.5 Å². The first-order valence-corrected chi connectivity index (χ1v) is 9.54. The van der Waals surface area contributed by atoms with Crippen LogP contribution in [0.2, 0.25) is 0 Å². The number of anilines is 1. The van der Waals surface area contributed by atoms with Gasteiger partial charge in [-0.2, -0.15) is 0 Å². The van der Waals surface area contributed by atoms with Crippen LogP contribution in [0.3, 0.4) is 0 Å². The molecule has 154 valence electrons. The number of carbonyl (C=O) groups is 1. The van der Waals surface area contributed by atoms with E-state index in [4.69, 9.17) is 9.47 Å². The number of rotatable bonds is 3. The third kappa shape index (κ3) is 3.89. The number of fused-ring (bicyclic) bond motifs is 2. The number of nitrogens with zero attached hydrogens (tertiary/aromatic N) is 1. The van der Waals surface area contributed by atoms with Crippen molar-refractivity contribution in [2.24, 2.45) is 0 Å². The quantitative estimate of drug-likeness (QED) is 0.788. The maximum absolute atomic E-state index is 13.8. The molecule has 5 nitrogen and oxygen atoms in total. The van der Waals surface area contributed by atoms with Crippen LogP contribution in [0.25, 0.3) is 0 Å². The van der Waals surface area contributed by atoms with Crippen LogP contribution in [0.15, 0.2) is 24.3 Å². The Labute approximate surface area is 166 Å². The highest BCUT2D eigenvalue weighted by atomic mass is 19.2. The minimum absolute atomic E-state index is 0.00646. The van der Waals surface area contributed by atoms with E-state index in [1.54, 1.807) is 0 Å². The fourth-order valence-corrected chi connectivity index (χ4v) is 3.74. The van der Waals surface area contributed by atoms with Crippen molar-refractivity contribution >= 4 is 11.6 Å². The molecular weight excluding hydrogens is 385 g/mol. The number of carbonyl (C=O) groups excluding carboxylic acids is 1. The molecule has 1 N–H and O–H groups in total. The molecule has 0 unspecified atom stereocenters. The number of ether oxygens (including phenoxy) is 2. The van der Waals surface area contributed by atoms with Gasteiger partial charge in [-0.3, -0.25) is 9.69 Å². The van der Waals surface area contributed by atoms with Gasteiger partial charge in [0, 0.05) is 19.0 Å². The Morgan fingerprint density at radius 3 is 2.62 bits per heavy atom. The van der Waals surface area contributed by atoms with Crippen molar-refractivity contribution < 1.29 is 27.4 Å². The van der Waals surface area contributed by atoms with Gasteiger partial charge in [-0.1, -0.05) is 0 Å². The molecule has 1 amide bonds. The lowest BCUT2D eigenvalue weighted by molar-refractivity contribution is -0.118. The number of hydrogen-bond acceptors (Lipinski definition) is 4. The Bertz CT molecular complexity index is 951. The zero-order valence-electron chi connectivity index (χ0n) is 15.9. The summed E-state index contributed by atoms with van der Waals surface area (Å²) in [6, 6.07) is 5.67. The highest BCUT2D eigenvalue weighted by Crippen LogP contribution is 2.39. The van der Waals surface area contributed by atoms with Crippen molar-refractivity contribution in [1.29, 1.82) is 0 Å². The summed E-state index contributed by atoms with van der Waals surface area (Å²) in [4.78, 5) is 14.3. The van der Waals surface area contributed by atoms with E-state index in [2.05, 4.69) is 5.32 Å². The van der Waals surface area contributed by atoms with Crippen LogP contribution in [-0.2, 0) is 11.2 Å². The van der Waals surface area contributed by atoms with Gasteiger partial charge in [-0.05, 0) is 48.7 Å². The van der Waals surface area contributed by atoms with Crippen LogP contribution in [0.5, 0.6) is 11.5 Å². The molecule has 8 heteroatoms. The van der Waals surface area contributed by atoms with Crippen LogP contribution in [0.1, 0.15) is 30.5 Å². The smallest absolute Gasteiger partial charge is 0.238 e. The van der Waals surface area contributed by atoms with E-state index in [0.717, 1.165) is 41.9 Å². The molecular formula is C21H21F3N2O3. The van der Waals surface area contributed by atoms with Gasteiger partial charge in [0.2, 0.25) is 5.91 Å². The van der Waals surface area contributed by atoms with Gasteiger partial charge in [-0.25, -0.2) is 13.2 Å². The summed E-state index contributed by atoms with van der Waals surface area (Å²) in [5.74, 6) is -3.37. The zero-order valence-corrected chi connectivity index (χ0v) is 15.9. The molecule has 0 radical (unpaired) electrons. The summed E-state index contributed by atoms with van der Waals surface area (Å²) < 4.78 is 51.7. The largest absolute Gasteiger partial charge is 0.490 e. The van der Waals surface area contributed by atoms with E-state index in [-0.39, 0.29) is 18.3 Å². The summed E-state index contributed by atoms with van der Waals surface area (Å²) in [6.07, 6.45) is 1.55. The van der Waals surface area contributed by atoms with E-state index >= 15 is 0 Å². The Morgan fingerprint density at radius 2 is 1.86 bits per heavy atom. The molecule has 0 bridgehead atoms. The number of halogens is 3. The molecule has 0 aromatic heterocycles. The molecule has 2 aromatic carbocycles. The minimum Gasteiger partial charge on any atom is -0.490 e. The van der Waals surface area contributed by atoms with Crippen molar-refractivity contribution in [2.45, 2.75) is 25.8 Å². The second-order valence-corrected chi connectivity index (χ2v) is 7.22. The number of amides is 1. The molecule has 0 saturated heterocycles. The van der Waals surface area contributed by atoms with Crippen molar-refractivity contribution in [3.63, 3.8) is 0 Å². The fourth-order valence-electron chi connectivity index (χ4n) is 3.74. The molecule has 2 aliphatic heterocycles. The Balaban J connectivity index is 1.48. The van der Waals surface area contributed by atoms with Crippen molar-refractivity contribution in [3.05, 3.63) is 52.8 Å². The second kappa shape index (κ2) is 7.94. The molecule has 0 fully saturated rings. The van der Waals surface area contributed by atoms with E-state index in [0.29, 0.717) is 25.5 Å². The zero-order chi connectivity index (χ0) is 20.5. The lowest BCUT2D eigenvalue weighted by atomic mass is 9.93. The molecule has 0 saturated carbocycles. The highest BCUT2D eigenvalue weighted by molar-refractivity contribution is 5.92. The van der Waals surface area contributed by atoms with E-state index < -0.39 is 23.4 Å². The van der Waals surface area contributed by atoms with Crippen LogP contribution >= 0.6 is 0 Å². The van der Waals surface area contributed by atoms with E-state index in [9.17, 15) is 18.0 Å². The first-order chi connectivity index (χ1) is 13.9. The predicted octanol–water partition coefficient (Wildman–Crippen LogP) is 3.82. The first-order valence-electron chi connectivity index (χ1n) is 9.54. The molecule has 29 heavy (non-hydrogen) atoms. The monoisotopic (exact) mass is 406 g/mol. The van der Waals surface area contributed by atoms with Gasteiger partial charge in [0.25, 0.3) is 0 Å². The third-order valence-electron chi connectivity index (χ3n) is 5.33. The molecule has 1 atom stereocenters. The molecule has 0 aliphatic carbocycles. The van der Waals surface area contributed by atoms with Gasteiger partial charge >= 0.3 is 0 Å². The van der Waals surface area contributed by atoms with Gasteiger partial charge < -0.3 is 14.8 Å². The summed E-state index contributed by atoms with van der Waals surface area (Å²) in [7, 11) is 0. The number of benzene rings is 2. The number of hydrogen-bond donors (Lipinski definition) is 1. The standard InChI is InChI=1S/C21H21F3N2O3/c1-12-14-10-18-17(28-7-2-8-29-18)9-13(14)5-6-26(12)11-19(27)25-16-4-3-15(22)20(23)21(16)24/h3-4,9-10,12H,2,5-8,11H2,1H3,(H,25,27)/t12-/m0/s1. The second-order valence-electron chi connectivity index (χ2n) is 7.22. The summed E-state index contributed by atoms with van der Waals surface area (Å²) in [6.45, 7) is 3.81. The average Bonchev–Trinajstić information content (AvgIpc) is 2.94. The molecule has 2 aliphatic rings. The molecule has 2 heterocycles. The lowest BCUT2D eigenvalue weighted by Gasteiger charge is -2.35. The van der Waals surface area contributed by atoms with Crippen LogP contribution in [0, 0.1) is 17.5 Å².